The van der Waals surface area contributed by atoms with E-state index in [0.29, 0.717) is 5.92 Å². The summed E-state index contributed by atoms with van der Waals surface area (Å²) in [7, 11) is 1.79. The van der Waals surface area contributed by atoms with Gasteiger partial charge in [-0.3, -0.25) is 9.88 Å². The average molecular weight is 263 g/mol. The zero-order valence-corrected chi connectivity index (χ0v) is 12.1. The summed E-state index contributed by atoms with van der Waals surface area (Å²) in [6.07, 6.45) is 1.24. The van der Waals surface area contributed by atoms with E-state index >= 15 is 0 Å². The van der Waals surface area contributed by atoms with E-state index < -0.39 is 0 Å². The first-order chi connectivity index (χ1) is 9.31. The van der Waals surface area contributed by atoms with Gasteiger partial charge in [-0.25, -0.2) is 0 Å². The second-order valence-corrected chi connectivity index (χ2v) is 5.25. The molecule has 1 fully saturated rings. The zero-order chi connectivity index (χ0) is 13.5. The van der Waals surface area contributed by atoms with Gasteiger partial charge in [0.2, 0.25) is 0 Å². The van der Waals surface area contributed by atoms with Crippen LogP contribution in [0.1, 0.15) is 24.7 Å². The Kier molecular flexibility index (Phi) is 5.76. The molecule has 0 bridgehead atoms. The van der Waals surface area contributed by atoms with Crippen molar-refractivity contribution in [2.45, 2.75) is 26.4 Å². The van der Waals surface area contributed by atoms with Crippen LogP contribution in [0.25, 0.3) is 0 Å². The van der Waals surface area contributed by atoms with Crippen LogP contribution in [0.3, 0.4) is 0 Å². The lowest BCUT2D eigenvalue weighted by Gasteiger charge is -2.15. The normalized spacial score (nSPS) is 20.0. The quantitative estimate of drug-likeness (QED) is 0.812. The summed E-state index contributed by atoms with van der Waals surface area (Å²) in [5, 5.41) is 3.32. The molecule has 1 aromatic rings. The predicted octanol–water partition coefficient (Wildman–Crippen LogP) is 1.66. The second-order valence-electron chi connectivity index (χ2n) is 5.25. The molecule has 1 unspecified atom stereocenters. The van der Waals surface area contributed by atoms with Crippen molar-refractivity contribution < 1.29 is 4.74 Å². The van der Waals surface area contributed by atoms with Gasteiger partial charge >= 0.3 is 0 Å². The Morgan fingerprint density at radius 3 is 3.05 bits per heavy atom. The molecule has 1 N–H and O–H groups in total. The SMILES string of the molecule is CCNCc1cccc(CN2CCC(COC)C2)n1. The number of hydrogen-bond acceptors (Lipinski definition) is 4. The van der Waals surface area contributed by atoms with Gasteiger partial charge in [0.1, 0.15) is 0 Å². The minimum absolute atomic E-state index is 0.690. The van der Waals surface area contributed by atoms with Crippen molar-refractivity contribution in [3.05, 3.63) is 29.6 Å². The third-order valence-corrected chi connectivity index (χ3v) is 3.58. The van der Waals surface area contributed by atoms with Gasteiger partial charge in [0.15, 0.2) is 0 Å². The first kappa shape index (κ1) is 14.4. The summed E-state index contributed by atoms with van der Waals surface area (Å²) in [6, 6.07) is 6.32. The Labute approximate surface area is 116 Å². The maximum absolute atomic E-state index is 5.24. The largest absolute Gasteiger partial charge is 0.384 e. The summed E-state index contributed by atoms with van der Waals surface area (Å²) >= 11 is 0. The van der Waals surface area contributed by atoms with Crippen molar-refractivity contribution >= 4 is 0 Å². The first-order valence-corrected chi connectivity index (χ1v) is 7.18. The molecule has 2 rings (SSSR count). The average Bonchev–Trinajstić information content (AvgIpc) is 2.85. The zero-order valence-electron chi connectivity index (χ0n) is 12.1. The highest BCUT2D eigenvalue weighted by atomic mass is 16.5. The summed E-state index contributed by atoms with van der Waals surface area (Å²) in [4.78, 5) is 7.18. The van der Waals surface area contributed by atoms with Crippen molar-refractivity contribution in [1.29, 1.82) is 0 Å². The molecule has 0 saturated carbocycles. The molecule has 4 heteroatoms. The van der Waals surface area contributed by atoms with Gasteiger partial charge in [-0.1, -0.05) is 13.0 Å². The van der Waals surface area contributed by atoms with Crippen LogP contribution in [-0.2, 0) is 17.8 Å². The monoisotopic (exact) mass is 263 g/mol. The minimum Gasteiger partial charge on any atom is -0.384 e. The smallest absolute Gasteiger partial charge is 0.0547 e. The topological polar surface area (TPSA) is 37.4 Å². The van der Waals surface area contributed by atoms with E-state index in [4.69, 9.17) is 9.72 Å². The molecule has 1 aliphatic rings. The molecule has 19 heavy (non-hydrogen) atoms. The van der Waals surface area contributed by atoms with Gasteiger partial charge in [0, 0.05) is 26.7 Å². The van der Waals surface area contributed by atoms with Crippen LogP contribution in [0.2, 0.25) is 0 Å². The van der Waals surface area contributed by atoms with E-state index in [-0.39, 0.29) is 0 Å². The van der Waals surface area contributed by atoms with Crippen LogP contribution in [0.15, 0.2) is 18.2 Å². The van der Waals surface area contributed by atoms with Crippen LogP contribution in [0.5, 0.6) is 0 Å². The molecular formula is C15H25N3O. The Bertz CT molecular complexity index is 383. The minimum atomic E-state index is 0.690. The highest BCUT2D eigenvalue weighted by Crippen LogP contribution is 2.18. The van der Waals surface area contributed by atoms with Gasteiger partial charge in [-0.2, -0.15) is 0 Å². The third-order valence-electron chi connectivity index (χ3n) is 3.58. The molecule has 1 aliphatic heterocycles. The molecule has 1 saturated heterocycles. The highest BCUT2D eigenvalue weighted by molar-refractivity contribution is 5.11. The summed E-state index contributed by atoms with van der Waals surface area (Å²) in [5.74, 6) is 0.690. The maximum atomic E-state index is 5.24. The van der Waals surface area contributed by atoms with Gasteiger partial charge in [0.05, 0.1) is 18.0 Å². The number of rotatable bonds is 7. The Hall–Kier alpha value is -0.970. The maximum Gasteiger partial charge on any atom is 0.0547 e. The molecule has 1 atom stereocenters. The van der Waals surface area contributed by atoms with Crippen LogP contribution >= 0.6 is 0 Å². The van der Waals surface area contributed by atoms with Crippen LogP contribution in [0.4, 0.5) is 0 Å². The predicted molar refractivity (Wildman–Crippen MR) is 76.9 cm³/mol. The number of likely N-dealkylation sites (tertiary alicyclic amines) is 1. The van der Waals surface area contributed by atoms with Gasteiger partial charge in [-0.15, -0.1) is 0 Å². The fourth-order valence-corrected chi connectivity index (χ4v) is 2.63. The van der Waals surface area contributed by atoms with Crippen LogP contribution in [-0.4, -0.2) is 43.2 Å². The third kappa shape index (κ3) is 4.56. The van der Waals surface area contributed by atoms with Crippen LogP contribution < -0.4 is 5.32 Å². The molecule has 4 nitrogen and oxygen atoms in total. The molecule has 0 spiro atoms. The lowest BCUT2D eigenvalue weighted by Crippen LogP contribution is -2.22. The van der Waals surface area contributed by atoms with E-state index in [1.807, 2.05) is 0 Å². The fraction of sp³-hybridized carbons (Fsp3) is 0.667. The summed E-state index contributed by atoms with van der Waals surface area (Å²) in [5.41, 5.74) is 2.31. The number of nitrogens with one attached hydrogen (secondary N) is 1. The lowest BCUT2D eigenvalue weighted by molar-refractivity contribution is 0.152. The van der Waals surface area contributed by atoms with E-state index in [1.54, 1.807) is 7.11 Å². The fourth-order valence-electron chi connectivity index (χ4n) is 2.63. The number of aromatic nitrogens is 1. The summed E-state index contributed by atoms with van der Waals surface area (Å²) < 4.78 is 5.24. The molecule has 0 radical (unpaired) electrons. The molecule has 0 amide bonds. The number of hydrogen-bond donors (Lipinski definition) is 1. The molecule has 106 valence electrons. The van der Waals surface area contributed by atoms with Crippen molar-refractivity contribution in [3.8, 4) is 0 Å². The number of ether oxygens (including phenoxy) is 1. The van der Waals surface area contributed by atoms with Crippen LogP contribution in [0, 0.1) is 5.92 Å². The molecule has 0 aliphatic carbocycles. The molecule has 2 heterocycles. The number of nitrogens with zero attached hydrogens (tertiary/aromatic N) is 2. The molecular weight excluding hydrogens is 238 g/mol. The molecule has 1 aromatic heterocycles. The molecule has 0 aromatic carbocycles. The van der Waals surface area contributed by atoms with E-state index in [1.165, 1.54) is 12.1 Å². The van der Waals surface area contributed by atoms with Gasteiger partial charge in [-0.05, 0) is 37.6 Å². The number of methoxy groups -OCH3 is 1. The highest BCUT2D eigenvalue weighted by Gasteiger charge is 2.22. The van der Waals surface area contributed by atoms with Crippen molar-refractivity contribution in [2.75, 3.05) is 33.4 Å². The van der Waals surface area contributed by atoms with Gasteiger partial charge < -0.3 is 10.1 Å². The number of pyridine rings is 1. The van der Waals surface area contributed by atoms with Crippen molar-refractivity contribution in [1.82, 2.24) is 15.2 Å². The second kappa shape index (κ2) is 7.58. The van der Waals surface area contributed by atoms with Crippen molar-refractivity contribution in [2.24, 2.45) is 5.92 Å². The standard InChI is InChI=1S/C15H25N3O/c1-3-16-9-14-5-4-6-15(17-14)11-18-8-7-13(10-18)12-19-2/h4-6,13,16H,3,7-12H2,1-2H3. The lowest BCUT2D eigenvalue weighted by atomic mass is 10.1. The van der Waals surface area contributed by atoms with E-state index in [0.717, 1.165) is 45.0 Å². The van der Waals surface area contributed by atoms with E-state index in [2.05, 4.69) is 35.3 Å². The van der Waals surface area contributed by atoms with Gasteiger partial charge in [0.25, 0.3) is 0 Å². The Morgan fingerprint density at radius 2 is 2.26 bits per heavy atom. The Balaban J connectivity index is 1.85. The summed E-state index contributed by atoms with van der Waals surface area (Å²) in [6.45, 7) is 8.09. The van der Waals surface area contributed by atoms with Crippen molar-refractivity contribution in [3.63, 3.8) is 0 Å². The van der Waals surface area contributed by atoms with E-state index in [9.17, 15) is 0 Å². The first-order valence-electron chi connectivity index (χ1n) is 7.18. The Morgan fingerprint density at radius 1 is 1.42 bits per heavy atom.